The molecule has 0 radical (unpaired) electrons. The summed E-state index contributed by atoms with van der Waals surface area (Å²) in [6.07, 6.45) is 1.64. The zero-order chi connectivity index (χ0) is 14.4. The monoisotopic (exact) mass is 269 g/mol. The van der Waals surface area contributed by atoms with Crippen LogP contribution >= 0.6 is 0 Å². The number of nitrogens with one attached hydrogen (secondary N) is 2. The Labute approximate surface area is 119 Å². The normalized spacial score (nSPS) is 10.1. The quantitative estimate of drug-likeness (QED) is 0.877. The molecule has 104 valence electrons. The molecule has 0 atom stereocenters. The summed E-state index contributed by atoms with van der Waals surface area (Å²) >= 11 is 0. The van der Waals surface area contributed by atoms with Gasteiger partial charge in [-0.25, -0.2) is 0 Å². The lowest BCUT2D eigenvalue weighted by molar-refractivity contribution is 0.0946. The van der Waals surface area contributed by atoms with Gasteiger partial charge in [0.15, 0.2) is 0 Å². The summed E-state index contributed by atoms with van der Waals surface area (Å²) in [6, 6.07) is 11.6. The molecule has 2 N–H and O–H groups in total. The molecule has 2 aromatic rings. The molecule has 0 saturated heterocycles. The summed E-state index contributed by atoms with van der Waals surface area (Å²) in [4.78, 5) is 16.2. The number of benzene rings is 1. The number of aryl methyl sites for hydroxylation is 1. The number of nitrogens with zero attached hydrogens (tertiary/aromatic N) is 1. The zero-order valence-electron chi connectivity index (χ0n) is 11.8. The Morgan fingerprint density at radius 2 is 2.05 bits per heavy atom. The van der Waals surface area contributed by atoms with Crippen molar-refractivity contribution >= 4 is 11.6 Å². The summed E-state index contributed by atoms with van der Waals surface area (Å²) in [7, 11) is 0. The molecule has 2 rings (SSSR count). The highest BCUT2D eigenvalue weighted by Gasteiger charge is 2.08. The van der Waals surface area contributed by atoms with E-state index >= 15 is 0 Å². The number of anilines is 1. The summed E-state index contributed by atoms with van der Waals surface area (Å²) in [5, 5.41) is 6.06. The van der Waals surface area contributed by atoms with E-state index in [4.69, 9.17) is 0 Å². The number of carbonyl (C=O) groups is 1. The predicted octanol–water partition coefficient (Wildman–Crippen LogP) is 2.75. The zero-order valence-corrected chi connectivity index (χ0v) is 11.8. The maximum absolute atomic E-state index is 12.1. The van der Waals surface area contributed by atoms with Gasteiger partial charge >= 0.3 is 0 Å². The van der Waals surface area contributed by atoms with Crippen LogP contribution in [-0.4, -0.2) is 17.4 Å². The maximum atomic E-state index is 12.1. The van der Waals surface area contributed by atoms with E-state index in [-0.39, 0.29) is 5.91 Å². The third-order valence-electron chi connectivity index (χ3n) is 3.07. The molecule has 1 heterocycles. The van der Waals surface area contributed by atoms with Crippen LogP contribution in [0.15, 0.2) is 42.6 Å². The Bertz CT molecular complexity index is 596. The fraction of sp³-hybridized carbons (Fsp3) is 0.250. The highest BCUT2D eigenvalue weighted by Crippen LogP contribution is 2.09. The van der Waals surface area contributed by atoms with Crippen molar-refractivity contribution < 1.29 is 4.79 Å². The average Bonchev–Trinajstić information content (AvgIpc) is 2.47. The van der Waals surface area contributed by atoms with Crippen LogP contribution in [0.25, 0.3) is 0 Å². The van der Waals surface area contributed by atoms with Crippen LogP contribution in [-0.2, 0) is 6.54 Å². The van der Waals surface area contributed by atoms with Crippen LogP contribution in [0.3, 0.4) is 0 Å². The van der Waals surface area contributed by atoms with Crippen molar-refractivity contribution in [2.24, 2.45) is 0 Å². The molecule has 0 unspecified atom stereocenters. The number of rotatable bonds is 5. The number of hydrogen-bond donors (Lipinski definition) is 2. The van der Waals surface area contributed by atoms with Crippen molar-refractivity contribution in [1.29, 1.82) is 0 Å². The number of carbonyl (C=O) groups excluding carboxylic acids is 1. The van der Waals surface area contributed by atoms with Crippen molar-refractivity contribution in [3.8, 4) is 0 Å². The SMILES string of the molecule is CCNc1ccnc(C(=O)NCc2ccccc2C)c1. The van der Waals surface area contributed by atoms with Gasteiger partial charge in [0, 0.05) is 25.0 Å². The minimum atomic E-state index is -0.159. The molecule has 4 heteroatoms. The second-order valence-corrected chi connectivity index (χ2v) is 4.57. The smallest absolute Gasteiger partial charge is 0.270 e. The van der Waals surface area contributed by atoms with Crippen LogP contribution in [0, 0.1) is 6.92 Å². The molecule has 0 spiro atoms. The van der Waals surface area contributed by atoms with Gasteiger partial charge in [-0.05, 0) is 37.1 Å². The van der Waals surface area contributed by atoms with Crippen molar-refractivity contribution in [2.75, 3.05) is 11.9 Å². The summed E-state index contributed by atoms with van der Waals surface area (Å²) in [6.45, 7) is 5.37. The van der Waals surface area contributed by atoms with E-state index in [1.54, 1.807) is 12.3 Å². The molecular formula is C16H19N3O. The van der Waals surface area contributed by atoms with Crippen LogP contribution < -0.4 is 10.6 Å². The predicted molar refractivity (Wildman–Crippen MR) is 80.7 cm³/mol. The molecule has 0 aliphatic rings. The van der Waals surface area contributed by atoms with Crippen LogP contribution in [0.5, 0.6) is 0 Å². The van der Waals surface area contributed by atoms with Gasteiger partial charge in [0.25, 0.3) is 5.91 Å². The Hall–Kier alpha value is -2.36. The van der Waals surface area contributed by atoms with Gasteiger partial charge in [-0.1, -0.05) is 24.3 Å². The first-order valence-corrected chi connectivity index (χ1v) is 6.73. The van der Waals surface area contributed by atoms with Crippen molar-refractivity contribution in [1.82, 2.24) is 10.3 Å². The Balaban J connectivity index is 2.01. The third-order valence-corrected chi connectivity index (χ3v) is 3.07. The topological polar surface area (TPSA) is 54.0 Å². The molecule has 0 fully saturated rings. The molecule has 1 amide bonds. The molecule has 1 aromatic carbocycles. The second-order valence-electron chi connectivity index (χ2n) is 4.57. The van der Waals surface area contributed by atoms with E-state index < -0.39 is 0 Å². The molecule has 20 heavy (non-hydrogen) atoms. The highest BCUT2D eigenvalue weighted by atomic mass is 16.1. The molecule has 1 aromatic heterocycles. The summed E-state index contributed by atoms with van der Waals surface area (Å²) in [5.41, 5.74) is 3.62. The van der Waals surface area contributed by atoms with Gasteiger partial charge in [0.1, 0.15) is 5.69 Å². The first-order chi connectivity index (χ1) is 9.70. The summed E-state index contributed by atoms with van der Waals surface area (Å²) < 4.78 is 0. The molecule has 0 aliphatic carbocycles. The van der Waals surface area contributed by atoms with Crippen LogP contribution in [0.2, 0.25) is 0 Å². The first kappa shape index (κ1) is 14.1. The standard InChI is InChI=1S/C16H19N3O/c1-3-17-14-8-9-18-15(10-14)16(20)19-11-13-7-5-4-6-12(13)2/h4-10H,3,11H2,1-2H3,(H,17,18)(H,19,20). The first-order valence-electron chi connectivity index (χ1n) is 6.73. The second kappa shape index (κ2) is 6.70. The van der Waals surface area contributed by atoms with E-state index in [1.165, 1.54) is 5.56 Å². The molecule has 4 nitrogen and oxygen atoms in total. The van der Waals surface area contributed by atoms with Gasteiger partial charge < -0.3 is 10.6 Å². The molecule has 0 saturated carbocycles. The van der Waals surface area contributed by atoms with E-state index in [9.17, 15) is 4.79 Å². The maximum Gasteiger partial charge on any atom is 0.270 e. The molecular weight excluding hydrogens is 250 g/mol. The van der Waals surface area contributed by atoms with Crippen molar-refractivity contribution in [2.45, 2.75) is 20.4 Å². The van der Waals surface area contributed by atoms with E-state index in [0.29, 0.717) is 12.2 Å². The van der Waals surface area contributed by atoms with Crippen LogP contribution in [0.1, 0.15) is 28.5 Å². The van der Waals surface area contributed by atoms with Crippen LogP contribution in [0.4, 0.5) is 5.69 Å². The Morgan fingerprint density at radius 1 is 1.25 bits per heavy atom. The number of pyridine rings is 1. The third kappa shape index (κ3) is 3.57. The lowest BCUT2D eigenvalue weighted by Crippen LogP contribution is -2.24. The van der Waals surface area contributed by atoms with E-state index in [2.05, 4.69) is 15.6 Å². The van der Waals surface area contributed by atoms with E-state index in [0.717, 1.165) is 17.8 Å². The summed E-state index contributed by atoms with van der Waals surface area (Å²) in [5.74, 6) is -0.159. The number of amides is 1. The average molecular weight is 269 g/mol. The number of hydrogen-bond acceptors (Lipinski definition) is 3. The molecule has 0 bridgehead atoms. The highest BCUT2D eigenvalue weighted by molar-refractivity contribution is 5.93. The Kier molecular flexibility index (Phi) is 4.71. The van der Waals surface area contributed by atoms with E-state index in [1.807, 2.05) is 44.2 Å². The van der Waals surface area contributed by atoms with Crippen molar-refractivity contribution in [3.05, 3.63) is 59.4 Å². The minimum absolute atomic E-state index is 0.159. The van der Waals surface area contributed by atoms with Gasteiger partial charge in [0.05, 0.1) is 0 Å². The fourth-order valence-corrected chi connectivity index (χ4v) is 1.94. The van der Waals surface area contributed by atoms with Gasteiger partial charge in [0.2, 0.25) is 0 Å². The number of aromatic nitrogens is 1. The molecule has 0 aliphatic heterocycles. The lowest BCUT2D eigenvalue weighted by Gasteiger charge is -2.08. The van der Waals surface area contributed by atoms with Crippen molar-refractivity contribution in [3.63, 3.8) is 0 Å². The van der Waals surface area contributed by atoms with Gasteiger partial charge in [-0.2, -0.15) is 0 Å². The Morgan fingerprint density at radius 3 is 2.80 bits per heavy atom. The lowest BCUT2D eigenvalue weighted by atomic mass is 10.1. The van der Waals surface area contributed by atoms with Gasteiger partial charge in [-0.15, -0.1) is 0 Å². The minimum Gasteiger partial charge on any atom is -0.385 e. The largest absolute Gasteiger partial charge is 0.385 e. The fourth-order valence-electron chi connectivity index (χ4n) is 1.94. The van der Waals surface area contributed by atoms with Gasteiger partial charge in [-0.3, -0.25) is 9.78 Å².